The average Bonchev–Trinajstić information content (AvgIpc) is 2.58. The number of carbonyl (C=O) groups is 2. The van der Waals surface area contributed by atoms with Gasteiger partial charge in [0.05, 0.1) is 12.0 Å². The molecular formula is C10H20O6Si2. The summed E-state index contributed by atoms with van der Waals surface area (Å²) in [4.78, 5) is 22.6. The first kappa shape index (κ1) is 15.5. The minimum Gasteiger partial charge on any atom is -0.393 e. The molecule has 18 heavy (non-hydrogen) atoms. The molecule has 0 spiro atoms. The molecule has 0 aromatic heterocycles. The highest BCUT2D eigenvalue weighted by Gasteiger charge is 2.48. The molecule has 0 amide bonds. The lowest BCUT2D eigenvalue weighted by atomic mass is 10.3. The maximum absolute atomic E-state index is 11.5. The number of hydrogen-bond acceptors (Lipinski definition) is 6. The number of esters is 2. The average molecular weight is 292 g/mol. The van der Waals surface area contributed by atoms with Crippen molar-refractivity contribution in [1.29, 1.82) is 0 Å². The van der Waals surface area contributed by atoms with E-state index in [1.807, 2.05) is 20.8 Å². The molecule has 1 heterocycles. The van der Waals surface area contributed by atoms with Gasteiger partial charge in [0.25, 0.3) is 0 Å². The summed E-state index contributed by atoms with van der Waals surface area (Å²) in [6.45, 7) is 7.05. The molecule has 1 atom stereocenters. The van der Waals surface area contributed by atoms with Crippen molar-refractivity contribution >= 4 is 29.3 Å². The van der Waals surface area contributed by atoms with Gasteiger partial charge >= 0.3 is 20.3 Å². The third-order valence-electron chi connectivity index (χ3n) is 2.55. The van der Waals surface area contributed by atoms with Gasteiger partial charge in [-0.1, -0.05) is 0 Å². The first-order valence-corrected chi connectivity index (χ1v) is 11.1. The summed E-state index contributed by atoms with van der Waals surface area (Å²) in [6, 6.07) is 0. The maximum atomic E-state index is 11.5. The molecular weight excluding hydrogens is 272 g/mol. The Hall–Kier alpha value is -0.546. The van der Waals surface area contributed by atoms with Crippen LogP contribution < -0.4 is 0 Å². The van der Waals surface area contributed by atoms with Crippen LogP contribution in [0.5, 0.6) is 0 Å². The van der Waals surface area contributed by atoms with E-state index in [2.05, 4.69) is 4.74 Å². The predicted octanol–water partition coefficient (Wildman–Crippen LogP) is -0.0377. The van der Waals surface area contributed by atoms with Crippen molar-refractivity contribution in [2.24, 2.45) is 0 Å². The molecule has 104 valence electrons. The van der Waals surface area contributed by atoms with E-state index < -0.39 is 29.3 Å². The maximum Gasteiger partial charge on any atom is 0.463 e. The standard InChI is InChI=1S/C10H20O6Si2/c1-4-13-18(14-5-2,15-6-3)17-8-7-9(11)16-10(8)12/h8H,4-7,17H2,1-3H3. The van der Waals surface area contributed by atoms with Gasteiger partial charge in [0, 0.05) is 19.8 Å². The third-order valence-corrected chi connectivity index (χ3v) is 11.2. The summed E-state index contributed by atoms with van der Waals surface area (Å²) >= 11 is 0. The van der Waals surface area contributed by atoms with Crippen molar-refractivity contribution < 1.29 is 27.6 Å². The Morgan fingerprint density at radius 2 is 1.67 bits per heavy atom. The fraction of sp³-hybridized carbons (Fsp3) is 0.800. The van der Waals surface area contributed by atoms with Crippen LogP contribution in [0.3, 0.4) is 0 Å². The van der Waals surface area contributed by atoms with Crippen LogP contribution >= 0.6 is 0 Å². The third kappa shape index (κ3) is 3.99. The number of carbonyl (C=O) groups excluding carboxylic acids is 2. The van der Waals surface area contributed by atoms with Crippen LogP contribution in [0.2, 0.25) is 5.54 Å². The number of ether oxygens (including phenoxy) is 1. The first-order valence-electron chi connectivity index (χ1n) is 6.23. The van der Waals surface area contributed by atoms with Gasteiger partial charge in [-0.05, 0) is 20.8 Å². The van der Waals surface area contributed by atoms with Crippen LogP contribution in [-0.4, -0.2) is 49.1 Å². The highest BCUT2D eigenvalue weighted by molar-refractivity contribution is 7.16. The monoisotopic (exact) mass is 292 g/mol. The Bertz CT molecular complexity index is 292. The molecule has 0 aromatic rings. The highest BCUT2D eigenvalue weighted by atomic mass is 29.2. The molecule has 1 aliphatic rings. The lowest BCUT2D eigenvalue weighted by molar-refractivity contribution is -0.151. The molecule has 0 aliphatic carbocycles. The number of hydrogen-bond donors (Lipinski definition) is 0. The van der Waals surface area contributed by atoms with E-state index in [4.69, 9.17) is 13.3 Å². The van der Waals surface area contributed by atoms with Crippen molar-refractivity contribution in [2.45, 2.75) is 32.7 Å². The molecule has 0 aromatic carbocycles. The summed E-state index contributed by atoms with van der Waals surface area (Å²) < 4.78 is 21.6. The lowest BCUT2D eigenvalue weighted by Crippen LogP contribution is -2.54. The lowest BCUT2D eigenvalue weighted by Gasteiger charge is -2.29. The normalized spacial score (nSPS) is 20.9. The molecule has 1 unspecified atom stereocenters. The van der Waals surface area contributed by atoms with E-state index in [-0.39, 0.29) is 12.0 Å². The minimum absolute atomic E-state index is 0.146. The molecule has 0 radical (unpaired) electrons. The zero-order chi connectivity index (χ0) is 13.6. The molecule has 0 saturated carbocycles. The summed E-state index contributed by atoms with van der Waals surface area (Å²) in [5.41, 5.74) is -0.367. The molecule has 1 rings (SSSR count). The van der Waals surface area contributed by atoms with E-state index in [0.29, 0.717) is 19.8 Å². The summed E-state index contributed by atoms with van der Waals surface area (Å²) in [7, 11) is -3.89. The second-order valence-electron chi connectivity index (χ2n) is 3.88. The van der Waals surface area contributed by atoms with Gasteiger partial charge in [-0.25, -0.2) is 0 Å². The van der Waals surface area contributed by atoms with Crippen LogP contribution in [0.25, 0.3) is 0 Å². The zero-order valence-electron chi connectivity index (χ0n) is 11.1. The number of cyclic esters (lactones) is 2. The zero-order valence-corrected chi connectivity index (χ0v) is 13.5. The van der Waals surface area contributed by atoms with Crippen molar-refractivity contribution in [1.82, 2.24) is 0 Å². The van der Waals surface area contributed by atoms with Crippen LogP contribution in [0.15, 0.2) is 0 Å². The Balaban J connectivity index is 2.75. The van der Waals surface area contributed by atoms with Gasteiger partial charge in [-0.3, -0.25) is 9.59 Å². The van der Waals surface area contributed by atoms with Gasteiger partial charge in [0.1, 0.15) is 9.04 Å². The molecule has 1 aliphatic heterocycles. The van der Waals surface area contributed by atoms with Gasteiger partial charge in [0.2, 0.25) is 0 Å². The molecule has 0 N–H and O–H groups in total. The van der Waals surface area contributed by atoms with Crippen molar-refractivity contribution in [3.63, 3.8) is 0 Å². The fourth-order valence-electron chi connectivity index (χ4n) is 1.94. The molecule has 8 heteroatoms. The summed E-state index contributed by atoms with van der Waals surface area (Å²) in [6.07, 6.45) is 0.146. The highest BCUT2D eigenvalue weighted by Crippen LogP contribution is 2.25. The molecule has 0 bridgehead atoms. The summed E-state index contributed by atoms with van der Waals surface area (Å²) in [5.74, 6) is -0.896. The summed E-state index contributed by atoms with van der Waals surface area (Å²) in [5, 5.41) is 0. The van der Waals surface area contributed by atoms with Gasteiger partial charge < -0.3 is 18.0 Å². The Kier molecular flexibility index (Phi) is 6.16. The molecule has 1 saturated heterocycles. The first-order chi connectivity index (χ1) is 8.56. The SMILES string of the molecule is CCO[Si](OCC)(OCC)[SiH2]C1CC(=O)OC1=O. The van der Waals surface area contributed by atoms with Crippen molar-refractivity contribution in [2.75, 3.05) is 19.8 Å². The Labute approximate surface area is 110 Å². The van der Waals surface area contributed by atoms with E-state index >= 15 is 0 Å². The Morgan fingerprint density at radius 1 is 1.17 bits per heavy atom. The van der Waals surface area contributed by atoms with E-state index in [9.17, 15) is 9.59 Å². The smallest absolute Gasteiger partial charge is 0.393 e. The van der Waals surface area contributed by atoms with Crippen LogP contribution in [0.1, 0.15) is 27.2 Å². The van der Waals surface area contributed by atoms with E-state index in [1.54, 1.807) is 0 Å². The quantitative estimate of drug-likeness (QED) is 0.355. The van der Waals surface area contributed by atoms with Gasteiger partial charge in [-0.2, -0.15) is 0 Å². The Morgan fingerprint density at radius 3 is 2.00 bits per heavy atom. The van der Waals surface area contributed by atoms with E-state index in [0.717, 1.165) is 0 Å². The second kappa shape index (κ2) is 7.14. The predicted molar refractivity (Wildman–Crippen MR) is 68.6 cm³/mol. The fourth-order valence-corrected chi connectivity index (χ4v) is 10.7. The van der Waals surface area contributed by atoms with Crippen molar-refractivity contribution in [3.05, 3.63) is 0 Å². The van der Waals surface area contributed by atoms with Crippen LogP contribution in [0.4, 0.5) is 0 Å². The molecule has 6 nitrogen and oxygen atoms in total. The van der Waals surface area contributed by atoms with Crippen LogP contribution in [-0.2, 0) is 27.6 Å². The minimum atomic E-state index is -2.75. The topological polar surface area (TPSA) is 71.1 Å². The molecule has 1 fully saturated rings. The van der Waals surface area contributed by atoms with Crippen molar-refractivity contribution in [3.8, 4) is 0 Å². The van der Waals surface area contributed by atoms with Crippen LogP contribution in [0, 0.1) is 0 Å². The largest absolute Gasteiger partial charge is 0.463 e. The van der Waals surface area contributed by atoms with Gasteiger partial charge in [-0.15, -0.1) is 0 Å². The van der Waals surface area contributed by atoms with E-state index in [1.165, 1.54) is 0 Å². The van der Waals surface area contributed by atoms with Gasteiger partial charge in [0.15, 0.2) is 0 Å². The second-order valence-corrected chi connectivity index (χ2v) is 11.3. The number of rotatable bonds is 8.